The third-order valence-corrected chi connectivity index (χ3v) is 2.98. The molecule has 0 saturated heterocycles. The first-order chi connectivity index (χ1) is 6.16. The van der Waals surface area contributed by atoms with Crippen LogP contribution in [0.2, 0.25) is 0 Å². The Morgan fingerprint density at radius 2 is 1.54 bits per heavy atom. The minimum absolute atomic E-state index is 1.37. The maximum atomic E-state index is 2.19. The van der Waals surface area contributed by atoms with Crippen LogP contribution in [-0.2, 0) is 0 Å². The zero-order valence-corrected chi connectivity index (χ0v) is 9.53. The Bertz CT molecular complexity index is 397. The standard InChI is InChI=1S/C12H16S/c1-9(2)11-7-5-6-8-12(11)10(3)13-4/h5-8H,1-4H3. The van der Waals surface area contributed by atoms with Gasteiger partial charge in [-0.15, -0.1) is 11.8 Å². The van der Waals surface area contributed by atoms with Gasteiger partial charge in [-0.1, -0.05) is 29.8 Å². The van der Waals surface area contributed by atoms with E-state index in [4.69, 9.17) is 0 Å². The molecule has 0 atom stereocenters. The Balaban J connectivity index is 3.66. The third-order valence-electron chi connectivity index (χ3n) is 2.15. The molecule has 1 aromatic rings. The monoisotopic (exact) mass is 192 g/mol. The molecule has 0 nitrogen and oxygen atoms in total. The van der Waals surface area contributed by atoms with Gasteiger partial charge in [-0.2, -0.15) is 0 Å². The van der Waals surface area contributed by atoms with Crippen LogP contribution in [0.15, 0.2) is 24.3 Å². The average molecular weight is 192 g/mol. The minimum Gasteiger partial charge on any atom is -0.134 e. The van der Waals surface area contributed by atoms with E-state index in [1.54, 1.807) is 0 Å². The van der Waals surface area contributed by atoms with E-state index in [9.17, 15) is 0 Å². The number of benzene rings is 1. The third kappa shape index (κ3) is 2.38. The van der Waals surface area contributed by atoms with Crippen LogP contribution in [0, 0.1) is 0 Å². The van der Waals surface area contributed by atoms with Crippen molar-refractivity contribution in [1.29, 1.82) is 0 Å². The number of rotatable bonds is 1. The Kier molecular flexibility index (Phi) is 3.61. The van der Waals surface area contributed by atoms with Crippen LogP contribution in [0.5, 0.6) is 0 Å². The van der Waals surface area contributed by atoms with Gasteiger partial charge in [-0.3, -0.25) is 0 Å². The van der Waals surface area contributed by atoms with Gasteiger partial charge in [0, 0.05) is 0 Å². The lowest BCUT2D eigenvalue weighted by atomic mass is 10.1. The smallest absolute Gasteiger partial charge is 0.00923 e. The second-order valence-corrected chi connectivity index (χ2v) is 4.33. The van der Waals surface area contributed by atoms with Gasteiger partial charge in [-0.25, -0.2) is 0 Å². The molecule has 1 rings (SSSR count). The second kappa shape index (κ2) is 4.52. The number of hydrogen-bond acceptors (Lipinski definition) is 1. The van der Waals surface area contributed by atoms with E-state index in [0.717, 1.165) is 0 Å². The lowest BCUT2D eigenvalue weighted by Gasteiger charge is -1.98. The van der Waals surface area contributed by atoms with E-state index in [0.29, 0.717) is 0 Å². The Hall–Kier alpha value is -0.690. The van der Waals surface area contributed by atoms with Crippen molar-refractivity contribution in [1.82, 2.24) is 0 Å². The van der Waals surface area contributed by atoms with Crippen molar-refractivity contribution in [3.8, 4) is 0 Å². The Labute approximate surface area is 84.4 Å². The van der Waals surface area contributed by atoms with E-state index in [-0.39, 0.29) is 0 Å². The highest BCUT2D eigenvalue weighted by Crippen LogP contribution is 2.07. The fourth-order valence-corrected chi connectivity index (χ4v) is 1.73. The van der Waals surface area contributed by atoms with Crippen LogP contribution >= 0.6 is 11.8 Å². The molecule has 0 bridgehead atoms. The molecular formula is C12H16S. The molecule has 0 aliphatic heterocycles. The van der Waals surface area contributed by atoms with Crippen molar-refractivity contribution in [2.24, 2.45) is 0 Å². The highest BCUT2D eigenvalue weighted by Gasteiger charge is 1.91. The fourth-order valence-electron chi connectivity index (χ4n) is 1.34. The fraction of sp³-hybridized carbons (Fsp3) is 0.333. The van der Waals surface area contributed by atoms with Crippen LogP contribution in [0.1, 0.15) is 20.8 Å². The Morgan fingerprint density at radius 3 is 2.00 bits per heavy atom. The first-order valence-corrected chi connectivity index (χ1v) is 5.66. The summed E-state index contributed by atoms with van der Waals surface area (Å²) >= 11 is 1.81. The summed E-state index contributed by atoms with van der Waals surface area (Å²) in [5.41, 5.74) is 1.38. The maximum absolute atomic E-state index is 2.19. The van der Waals surface area contributed by atoms with Gasteiger partial charge >= 0.3 is 0 Å². The zero-order chi connectivity index (χ0) is 9.84. The van der Waals surface area contributed by atoms with Gasteiger partial charge < -0.3 is 0 Å². The van der Waals surface area contributed by atoms with Crippen LogP contribution in [0.3, 0.4) is 0 Å². The first-order valence-electron chi connectivity index (χ1n) is 4.44. The SMILES string of the molecule is CSC(C)=c1ccccc1=C(C)C. The quantitative estimate of drug-likeness (QED) is 0.658. The zero-order valence-electron chi connectivity index (χ0n) is 8.72. The first kappa shape index (κ1) is 10.4. The van der Waals surface area contributed by atoms with Gasteiger partial charge in [0.15, 0.2) is 0 Å². The highest BCUT2D eigenvalue weighted by molar-refractivity contribution is 8.07. The normalized spacial score (nSPS) is 12.6. The molecule has 0 fully saturated rings. The van der Waals surface area contributed by atoms with E-state index in [1.807, 2.05) is 11.8 Å². The summed E-state index contributed by atoms with van der Waals surface area (Å²) in [6, 6.07) is 8.57. The summed E-state index contributed by atoms with van der Waals surface area (Å²) in [4.78, 5) is 1.39. The van der Waals surface area contributed by atoms with E-state index in [1.165, 1.54) is 20.9 Å². The van der Waals surface area contributed by atoms with Crippen LogP contribution in [0.4, 0.5) is 0 Å². The summed E-state index contributed by atoms with van der Waals surface area (Å²) in [6.45, 7) is 6.49. The van der Waals surface area contributed by atoms with Crippen molar-refractivity contribution >= 4 is 22.2 Å². The molecule has 0 aliphatic carbocycles. The molecule has 0 aliphatic rings. The molecule has 70 valence electrons. The van der Waals surface area contributed by atoms with E-state index in [2.05, 4.69) is 51.3 Å². The molecule has 0 aromatic heterocycles. The average Bonchev–Trinajstić information content (AvgIpc) is 2.16. The topological polar surface area (TPSA) is 0 Å². The van der Waals surface area contributed by atoms with Crippen molar-refractivity contribution in [3.05, 3.63) is 34.7 Å². The van der Waals surface area contributed by atoms with Gasteiger partial charge in [0.1, 0.15) is 0 Å². The van der Waals surface area contributed by atoms with Gasteiger partial charge in [0.05, 0.1) is 0 Å². The highest BCUT2D eigenvalue weighted by atomic mass is 32.2. The predicted octanol–water partition coefficient (Wildman–Crippen LogP) is 2.37. The molecule has 0 saturated carbocycles. The molecule has 13 heavy (non-hydrogen) atoms. The van der Waals surface area contributed by atoms with Gasteiger partial charge in [0.25, 0.3) is 0 Å². The van der Waals surface area contributed by atoms with E-state index < -0.39 is 0 Å². The van der Waals surface area contributed by atoms with Crippen molar-refractivity contribution < 1.29 is 0 Å². The van der Waals surface area contributed by atoms with Crippen molar-refractivity contribution in [3.63, 3.8) is 0 Å². The summed E-state index contributed by atoms with van der Waals surface area (Å²) in [5, 5.41) is 2.74. The van der Waals surface area contributed by atoms with Crippen LogP contribution < -0.4 is 10.4 Å². The molecule has 0 unspecified atom stereocenters. The molecule has 1 heteroatoms. The maximum Gasteiger partial charge on any atom is -0.00923 e. The minimum atomic E-state index is 1.37. The molecule has 0 amide bonds. The Morgan fingerprint density at radius 1 is 1.00 bits per heavy atom. The lowest BCUT2D eigenvalue weighted by Crippen LogP contribution is -2.26. The lowest BCUT2D eigenvalue weighted by molar-refractivity contribution is 1.43. The molecule has 0 N–H and O–H groups in total. The molecule has 1 aromatic carbocycles. The second-order valence-electron chi connectivity index (χ2n) is 3.31. The van der Waals surface area contributed by atoms with Crippen LogP contribution in [0.25, 0.3) is 10.5 Å². The summed E-state index contributed by atoms with van der Waals surface area (Å²) in [5.74, 6) is 0. The van der Waals surface area contributed by atoms with Gasteiger partial charge in [-0.05, 0) is 42.4 Å². The summed E-state index contributed by atoms with van der Waals surface area (Å²) < 4.78 is 0. The molecule has 0 spiro atoms. The van der Waals surface area contributed by atoms with Crippen molar-refractivity contribution in [2.75, 3.05) is 6.26 Å². The molecule has 0 heterocycles. The largest absolute Gasteiger partial charge is 0.134 e. The van der Waals surface area contributed by atoms with Gasteiger partial charge in [0.2, 0.25) is 0 Å². The molecular weight excluding hydrogens is 176 g/mol. The predicted molar refractivity (Wildman–Crippen MR) is 63.0 cm³/mol. The van der Waals surface area contributed by atoms with Crippen LogP contribution in [-0.4, -0.2) is 6.26 Å². The summed E-state index contributed by atoms with van der Waals surface area (Å²) in [6.07, 6.45) is 2.12. The number of hydrogen-bond donors (Lipinski definition) is 0. The summed E-state index contributed by atoms with van der Waals surface area (Å²) in [7, 11) is 0. The number of thioether (sulfide) groups is 1. The molecule has 0 radical (unpaired) electrons. The van der Waals surface area contributed by atoms with E-state index >= 15 is 0 Å². The van der Waals surface area contributed by atoms with Crippen molar-refractivity contribution in [2.45, 2.75) is 20.8 Å².